The highest BCUT2D eigenvalue weighted by Crippen LogP contribution is 2.34. The van der Waals surface area contributed by atoms with E-state index in [1.165, 1.54) is 0 Å². The summed E-state index contributed by atoms with van der Waals surface area (Å²) in [5.74, 6) is 0.147. The summed E-state index contributed by atoms with van der Waals surface area (Å²) in [6, 6.07) is 7.70. The van der Waals surface area contributed by atoms with Crippen LogP contribution >= 0.6 is 0 Å². The zero-order valence-corrected chi connectivity index (χ0v) is 12.0. The molecule has 0 saturated heterocycles. The topological polar surface area (TPSA) is 40.5 Å². The maximum absolute atomic E-state index is 12.5. The van der Waals surface area contributed by atoms with Crippen LogP contribution in [0.4, 0.5) is 5.69 Å². The van der Waals surface area contributed by atoms with Gasteiger partial charge in [0.1, 0.15) is 0 Å². The van der Waals surface area contributed by atoms with Crippen LogP contribution in [0, 0.1) is 5.41 Å². The number of aliphatic hydroxyl groups is 1. The maximum atomic E-state index is 12.5. The Labute approximate surface area is 115 Å². The average Bonchev–Trinajstić information content (AvgIpc) is 2.47. The number of para-hydroxylation sites is 1. The number of fused-ring (bicyclic) bond motifs is 1. The normalized spacial score (nSPS) is 19.8. The molecular weight excluding hydrogens is 238 g/mol. The first-order chi connectivity index (χ1) is 8.88. The zero-order valence-electron chi connectivity index (χ0n) is 12.0. The van der Waals surface area contributed by atoms with Crippen molar-refractivity contribution in [2.45, 2.75) is 46.1 Å². The van der Waals surface area contributed by atoms with Crippen molar-refractivity contribution in [2.24, 2.45) is 5.41 Å². The number of rotatable bonds is 1. The van der Waals surface area contributed by atoms with Crippen LogP contribution in [0.15, 0.2) is 24.3 Å². The van der Waals surface area contributed by atoms with Gasteiger partial charge in [0.2, 0.25) is 5.91 Å². The third-order valence-electron chi connectivity index (χ3n) is 3.43. The molecule has 1 aromatic rings. The molecular formula is C16H23NO2. The van der Waals surface area contributed by atoms with Gasteiger partial charge in [0.25, 0.3) is 0 Å². The van der Waals surface area contributed by atoms with Gasteiger partial charge in [-0.05, 0) is 24.3 Å². The molecule has 0 spiro atoms. The fraction of sp³-hybridized carbons (Fsp3) is 0.562. The van der Waals surface area contributed by atoms with Gasteiger partial charge in [0, 0.05) is 24.2 Å². The highest BCUT2D eigenvalue weighted by Gasteiger charge is 2.27. The van der Waals surface area contributed by atoms with E-state index in [0.717, 1.165) is 24.1 Å². The summed E-state index contributed by atoms with van der Waals surface area (Å²) < 4.78 is 0. The minimum absolute atomic E-state index is 0.0169. The number of benzene rings is 1. The lowest BCUT2D eigenvalue weighted by Crippen LogP contribution is -2.34. The van der Waals surface area contributed by atoms with Gasteiger partial charge < -0.3 is 10.0 Å². The number of carbonyl (C=O) groups excluding carboxylic acids is 1. The number of hydrogen-bond donors (Lipinski definition) is 1. The molecule has 0 radical (unpaired) electrons. The lowest BCUT2D eigenvalue weighted by atomic mass is 9.91. The van der Waals surface area contributed by atoms with E-state index in [2.05, 4.69) is 20.8 Å². The highest BCUT2D eigenvalue weighted by atomic mass is 16.3. The first-order valence-electron chi connectivity index (χ1n) is 6.96. The predicted octanol–water partition coefficient (Wildman–Crippen LogP) is 3.28. The Kier molecular flexibility index (Phi) is 3.95. The fourth-order valence-electron chi connectivity index (χ4n) is 2.54. The average molecular weight is 261 g/mol. The fourth-order valence-corrected chi connectivity index (χ4v) is 2.54. The van der Waals surface area contributed by atoms with Gasteiger partial charge in [-0.25, -0.2) is 0 Å². The van der Waals surface area contributed by atoms with Crippen molar-refractivity contribution in [1.29, 1.82) is 0 Å². The molecule has 1 unspecified atom stereocenters. The quantitative estimate of drug-likeness (QED) is 0.842. The van der Waals surface area contributed by atoms with Gasteiger partial charge in [-0.1, -0.05) is 39.0 Å². The SMILES string of the molecule is CC(C)(C)CC(=O)N1CCCC(O)c2ccccc21. The molecule has 19 heavy (non-hydrogen) atoms. The van der Waals surface area contributed by atoms with Gasteiger partial charge in [-0.2, -0.15) is 0 Å². The minimum Gasteiger partial charge on any atom is -0.388 e. The lowest BCUT2D eigenvalue weighted by molar-refractivity contribution is -0.120. The van der Waals surface area contributed by atoms with Crippen LogP contribution in [0.2, 0.25) is 0 Å². The van der Waals surface area contributed by atoms with E-state index < -0.39 is 6.10 Å². The first kappa shape index (κ1) is 14.1. The summed E-state index contributed by atoms with van der Waals surface area (Å²) in [4.78, 5) is 14.3. The molecule has 0 fully saturated rings. The second-order valence-corrected chi connectivity index (χ2v) is 6.50. The molecule has 0 saturated carbocycles. The monoisotopic (exact) mass is 261 g/mol. The summed E-state index contributed by atoms with van der Waals surface area (Å²) in [5, 5.41) is 10.1. The predicted molar refractivity (Wildman–Crippen MR) is 77.1 cm³/mol. The minimum atomic E-state index is -0.455. The second kappa shape index (κ2) is 5.33. The van der Waals surface area contributed by atoms with Crippen LogP contribution in [0.1, 0.15) is 51.7 Å². The molecule has 1 aromatic carbocycles. The van der Waals surface area contributed by atoms with Crippen molar-refractivity contribution in [3.05, 3.63) is 29.8 Å². The Balaban J connectivity index is 2.31. The Morgan fingerprint density at radius 3 is 2.74 bits per heavy atom. The molecule has 3 nitrogen and oxygen atoms in total. The Bertz CT molecular complexity index is 462. The molecule has 1 atom stereocenters. The molecule has 1 N–H and O–H groups in total. The number of hydrogen-bond acceptors (Lipinski definition) is 2. The summed E-state index contributed by atoms with van der Waals surface area (Å²) >= 11 is 0. The highest BCUT2D eigenvalue weighted by molar-refractivity contribution is 5.94. The largest absolute Gasteiger partial charge is 0.388 e. The van der Waals surface area contributed by atoms with Crippen LogP contribution in [-0.2, 0) is 4.79 Å². The van der Waals surface area contributed by atoms with E-state index in [1.54, 1.807) is 0 Å². The van der Waals surface area contributed by atoms with Gasteiger partial charge in [-0.3, -0.25) is 4.79 Å². The van der Waals surface area contributed by atoms with Crippen molar-refractivity contribution in [1.82, 2.24) is 0 Å². The summed E-state index contributed by atoms with van der Waals surface area (Å²) in [5.41, 5.74) is 1.74. The Morgan fingerprint density at radius 2 is 2.05 bits per heavy atom. The third-order valence-corrected chi connectivity index (χ3v) is 3.43. The molecule has 0 aromatic heterocycles. The van der Waals surface area contributed by atoms with E-state index in [4.69, 9.17) is 0 Å². The number of nitrogens with zero attached hydrogens (tertiary/aromatic N) is 1. The smallest absolute Gasteiger partial charge is 0.227 e. The van der Waals surface area contributed by atoms with Crippen molar-refractivity contribution in [2.75, 3.05) is 11.4 Å². The van der Waals surface area contributed by atoms with Gasteiger partial charge in [0.05, 0.1) is 6.10 Å². The van der Waals surface area contributed by atoms with E-state index in [1.807, 2.05) is 29.2 Å². The van der Waals surface area contributed by atoms with Crippen molar-refractivity contribution in [3.63, 3.8) is 0 Å². The van der Waals surface area contributed by atoms with Crippen molar-refractivity contribution >= 4 is 11.6 Å². The standard InChI is InChI=1S/C16H23NO2/c1-16(2,3)11-15(19)17-10-6-9-14(18)12-7-4-5-8-13(12)17/h4-5,7-8,14,18H,6,9-11H2,1-3H3. The molecule has 2 rings (SSSR count). The van der Waals surface area contributed by atoms with E-state index >= 15 is 0 Å². The van der Waals surface area contributed by atoms with Crippen LogP contribution in [-0.4, -0.2) is 17.6 Å². The van der Waals surface area contributed by atoms with Crippen LogP contribution < -0.4 is 4.90 Å². The van der Waals surface area contributed by atoms with E-state index in [9.17, 15) is 9.90 Å². The van der Waals surface area contributed by atoms with Gasteiger partial charge in [-0.15, -0.1) is 0 Å². The second-order valence-electron chi connectivity index (χ2n) is 6.50. The Hall–Kier alpha value is -1.35. The number of carbonyl (C=O) groups is 1. The van der Waals surface area contributed by atoms with Crippen molar-refractivity contribution < 1.29 is 9.90 Å². The van der Waals surface area contributed by atoms with Crippen molar-refractivity contribution in [3.8, 4) is 0 Å². The first-order valence-corrected chi connectivity index (χ1v) is 6.96. The van der Waals surface area contributed by atoms with Gasteiger partial charge in [0.15, 0.2) is 0 Å². The van der Waals surface area contributed by atoms with E-state index in [-0.39, 0.29) is 11.3 Å². The number of amides is 1. The molecule has 1 heterocycles. The molecule has 3 heteroatoms. The molecule has 104 valence electrons. The van der Waals surface area contributed by atoms with Crippen LogP contribution in [0.5, 0.6) is 0 Å². The molecule has 0 bridgehead atoms. The summed E-state index contributed by atoms with van der Waals surface area (Å²) in [6.07, 6.45) is 1.63. The third kappa shape index (κ3) is 3.35. The summed E-state index contributed by atoms with van der Waals surface area (Å²) in [6.45, 7) is 6.92. The van der Waals surface area contributed by atoms with Crippen LogP contribution in [0.25, 0.3) is 0 Å². The lowest BCUT2D eigenvalue weighted by Gasteiger charge is -2.27. The van der Waals surface area contributed by atoms with Crippen LogP contribution in [0.3, 0.4) is 0 Å². The molecule has 1 aliphatic rings. The summed E-state index contributed by atoms with van der Waals surface area (Å²) in [7, 11) is 0. The van der Waals surface area contributed by atoms with Gasteiger partial charge >= 0.3 is 0 Å². The Morgan fingerprint density at radius 1 is 1.37 bits per heavy atom. The number of aliphatic hydroxyl groups excluding tert-OH is 1. The molecule has 1 aliphatic heterocycles. The zero-order chi connectivity index (χ0) is 14.0. The number of anilines is 1. The van der Waals surface area contributed by atoms with E-state index in [0.29, 0.717) is 13.0 Å². The molecule has 1 amide bonds. The maximum Gasteiger partial charge on any atom is 0.227 e. The molecule has 0 aliphatic carbocycles.